The van der Waals surface area contributed by atoms with Crippen LogP contribution in [0.4, 0.5) is 0 Å². The Bertz CT molecular complexity index is 326. The van der Waals surface area contributed by atoms with Crippen LogP contribution >= 0.6 is 0 Å². The molecule has 102 valence electrons. The zero-order valence-corrected chi connectivity index (χ0v) is 11.3. The van der Waals surface area contributed by atoms with Crippen molar-refractivity contribution in [3.8, 4) is 0 Å². The quantitative estimate of drug-likeness (QED) is 0.779. The Kier molecular flexibility index (Phi) is 4.22. The third-order valence-corrected chi connectivity index (χ3v) is 3.93. The molecule has 18 heavy (non-hydrogen) atoms. The first kappa shape index (κ1) is 13.3. The van der Waals surface area contributed by atoms with Gasteiger partial charge < -0.3 is 15.1 Å². The molecule has 0 spiro atoms. The van der Waals surface area contributed by atoms with Crippen LogP contribution < -0.4 is 5.32 Å². The summed E-state index contributed by atoms with van der Waals surface area (Å²) in [6, 6.07) is -0.400. The van der Waals surface area contributed by atoms with E-state index in [4.69, 9.17) is 0 Å². The monoisotopic (exact) mass is 253 g/mol. The Morgan fingerprint density at radius 1 is 1.39 bits per heavy atom. The maximum absolute atomic E-state index is 12.3. The van der Waals surface area contributed by atoms with E-state index in [1.807, 2.05) is 18.7 Å². The van der Waals surface area contributed by atoms with Crippen molar-refractivity contribution in [2.24, 2.45) is 0 Å². The van der Waals surface area contributed by atoms with Crippen LogP contribution in [0.3, 0.4) is 0 Å². The number of likely N-dealkylation sites (tertiary alicyclic amines) is 2. The topological polar surface area (TPSA) is 52.7 Å². The van der Waals surface area contributed by atoms with E-state index in [0.717, 1.165) is 38.9 Å². The highest BCUT2D eigenvalue weighted by molar-refractivity contribution is 5.91. The van der Waals surface area contributed by atoms with Crippen LogP contribution in [-0.2, 0) is 9.59 Å². The predicted molar refractivity (Wildman–Crippen MR) is 69.1 cm³/mol. The van der Waals surface area contributed by atoms with Crippen molar-refractivity contribution < 1.29 is 9.59 Å². The van der Waals surface area contributed by atoms with Crippen molar-refractivity contribution in [2.75, 3.05) is 26.2 Å². The van der Waals surface area contributed by atoms with Gasteiger partial charge in [0.15, 0.2) is 0 Å². The average molecular weight is 253 g/mol. The zero-order chi connectivity index (χ0) is 13.1. The maximum atomic E-state index is 12.3. The summed E-state index contributed by atoms with van der Waals surface area (Å²) < 4.78 is 0. The Labute approximate surface area is 108 Å². The molecule has 0 saturated carbocycles. The van der Waals surface area contributed by atoms with Crippen LogP contribution in [0, 0.1) is 0 Å². The number of rotatable bonds is 4. The van der Waals surface area contributed by atoms with Crippen LogP contribution in [-0.4, -0.2) is 59.9 Å². The summed E-state index contributed by atoms with van der Waals surface area (Å²) in [6.45, 7) is 7.03. The van der Waals surface area contributed by atoms with E-state index < -0.39 is 0 Å². The third-order valence-electron chi connectivity index (χ3n) is 3.93. The fraction of sp³-hybridized carbons (Fsp3) is 0.846. The van der Waals surface area contributed by atoms with Crippen molar-refractivity contribution in [3.63, 3.8) is 0 Å². The Morgan fingerprint density at radius 2 is 2.06 bits per heavy atom. The van der Waals surface area contributed by atoms with Crippen LogP contribution in [0.25, 0.3) is 0 Å². The normalized spacial score (nSPS) is 25.9. The molecule has 0 aliphatic carbocycles. The highest BCUT2D eigenvalue weighted by Crippen LogP contribution is 2.18. The van der Waals surface area contributed by atoms with Crippen molar-refractivity contribution >= 4 is 11.8 Å². The van der Waals surface area contributed by atoms with Crippen LogP contribution in [0.15, 0.2) is 0 Å². The highest BCUT2D eigenvalue weighted by atomic mass is 16.2. The molecule has 0 radical (unpaired) electrons. The van der Waals surface area contributed by atoms with E-state index in [2.05, 4.69) is 5.32 Å². The van der Waals surface area contributed by atoms with Gasteiger partial charge in [0.2, 0.25) is 11.8 Å². The fourth-order valence-corrected chi connectivity index (χ4v) is 2.86. The molecule has 1 N–H and O–H groups in total. The van der Waals surface area contributed by atoms with Gasteiger partial charge >= 0.3 is 0 Å². The molecule has 0 aromatic rings. The molecule has 2 rings (SSSR count). The molecule has 2 unspecified atom stereocenters. The summed E-state index contributed by atoms with van der Waals surface area (Å²) in [7, 11) is 0. The number of nitrogens with one attached hydrogen (secondary N) is 1. The zero-order valence-electron chi connectivity index (χ0n) is 11.3. The number of likely N-dealkylation sites (N-methyl/N-ethyl adjacent to an activating group) is 1. The maximum Gasteiger partial charge on any atom is 0.245 e. The summed E-state index contributed by atoms with van der Waals surface area (Å²) in [6.07, 6.45) is 2.99. The molecule has 5 heteroatoms. The summed E-state index contributed by atoms with van der Waals surface area (Å²) in [5.74, 6) is 0.190. The van der Waals surface area contributed by atoms with E-state index >= 15 is 0 Å². The summed E-state index contributed by atoms with van der Waals surface area (Å²) >= 11 is 0. The standard InChI is InChI=1S/C13H23N3O2/c1-3-14-11-6-9-16(13(11)18)10(2)12(17)15-7-4-5-8-15/h10-11,14H,3-9H2,1-2H3. The van der Waals surface area contributed by atoms with Gasteiger partial charge in [-0.25, -0.2) is 0 Å². The lowest BCUT2D eigenvalue weighted by molar-refractivity contribution is -0.142. The Morgan fingerprint density at radius 3 is 2.67 bits per heavy atom. The van der Waals surface area contributed by atoms with Crippen LogP contribution in [0.5, 0.6) is 0 Å². The summed E-state index contributed by atoms with van der Waals surface area (Å²) in [5.41, 5.74) is 0. The van der Waals surface area contributed by atoms with Crippen molar-refractivity contribution in [3.05, 3.63) is 0 Å². The molecule has 0 bridgehead atoms. The molecule has 2 aliphatic rings. The van der Waals surface area contributed by atoms with Crippen LogP contribution in [0.1, 0.15) is 33.1 Å². The Balaban J connectivity index is 1.94. The van der Waals surface area contributed by atoms with E-state index in [1.165, 1.54) is 0 Å². The molecule has 0 aromatic heterocycles. The van der Waals surface area contributed by atoms with E-state index in [0.29, 0.717) is 6.54 Å². The number of carbonyl (C=O) groups excluding carboxylic acids is 2. The number of amides is 2. The number of hydrogen-bond donors (Lipinski definition) is 1. The largest absolute Gasteiger partial charge is 0.341 e. The Hall–Kier alpha value is -1.10. The molecule has 2 saturated heterocycles. The summed E-state index contributed by atoms with van der Waals surface area (Å²) in [5, 5.41) is 3.17. The predicted octanol–water partition coefficient (Wildman–Crippen LogP) is 0.208. The lowest BCUT2D eigenvalue weighted by Gasteiger charge is -2.28. The third kappa shape index (κ3) is 2.51. The molecular formula is C13H23N3O2. The van der Waals surface area contributed by atoms with Gasteiger partial charge in [-0.15, -0.1) is 0 Å². The summed E-state index contributed by atoms with van der Waals surface area (Å²) in [4.78, 5) is 28.0. The molecule has 0 aromatic carbocycles. The van der Waals surface area contributed by atoms with Crippen molar-refractivity contribution in [2.45, 2.75) is 45.2 Å². The molecule has 2 atom stereocenters. The minimum absolute atomic E-state index is 0.0805. The first-order valence-corrected chi connectivity index (χ1v) is 6.97. The number of carbonyl (C=O) groups is 2. The lowest BCUT2D eigenvalue weighted by Crippen LogP contribution is -2.49. The van der Waals surface area contributed by atoms with Crippen molar-refractivity contribution in [1.29, 1.82) is 0 Å². The SMILES string of the molecule is CCNC1CCN(C(C)C(=O)N2CCCC2)C1=O. The molecule has 2 heterocycles. The second-order valence-corrected chi connectivity index (χ2v) is 5.14. The smallest absolute Gasteiger partial charge is 0.245 e. The van der Waals surface area contributed by atoms with E-state index in [-0.39, 0.29) is 23.9 Å². The van der Waals surface area contributed by atoms with Gasteiger partial charge in [0.05, 0.1) is 6.04 Å². The van der Waals surface area contributed by atoms with Gasteiger partial charge in [-0.1, -0.05) is 6.92 Å². The van der Waals surface area contributed by atoms with Crippen molar-refractivity contribution in [1.82, 2.24) is 15.1 Å². The molecular weight excluding hydrogens is 230 g/mol. The minimum atomic E-state index is -0.306. The highest BCUT2D eigenvalue weighted by Gasteiger charge is 2.37. The average Bonchev–Trinajstić information content (AvgIpc) is 2.99. The number of hydrogen-bond acceptors (Lipinski definition) is 3. The van der Waals surface area contributed by atoms with Gasteiger partial charge in [0.1, 0.15) is 6.04 Å². The van der Waals surface area contributed by atoms with Gasteiger partial charge in [0, 0.05) is 19.6 Å². The first-order valence-electron chi connectivity index (χ1n) is 6.97. The first-order chi connectivity index (χ1) is 8.65. The van der Waals surface area contributed by atoms with E-state index in [9.17, 15) is 9.59 Å². The van der Waals surface area contributed by atoms with Gasteiger partial charge in [0.25, 0.3) is 0 Å². The number of nitrogens with zero attached hydrogens (tertiary/aromatic N) is 2. The second-order valence-electron chi connectivity index (χ2n) is 5.14. The second kappa shape index (κ2) is 5.69. The van der Waals surface area contributed by atoms with E-state index in [1.54, 1.807) is 4.90 Å². The van der Waals surface area contributed by atoms with Crippen LogP contribution in [0.2, 0.25) is 0 Å². The van der Waals surface area contributed by atoms with Gasteiger partial charge in [-0.05, 0) is 32.7 Å². The lowest BCUT2D eigenvalue weighted by atomic mass is 10.2. The molecule has 2 amide bonds. The minimum Gasteiger partial charge on any atom is -0.341 e. The fourth-order valence-electron chi connectivity index (χ4n) is 2.86. The molecule has 5 nitrogen and oxygen atoms in total. The molecule has 2 aliphatic heterocycles. The van der Waals surface area contributed by atoms with Gasteiger partial charge in [-0.2, -0.15) is 0 Å². The van der Waals surface area contributed by atoms with Gasteiger partial charge in [-0.3, -0.25) is 9.59 Å². The molecule has 2 fully saturated rings.